The molecule has 7 nitrogen and oxygen atoms in total. The van der Waals surface area contributed by atoms with Gasteiger partial charge in [-0.2, -0.15) is 5.26 Å². The topological polar surface area (TPSA) is 103 Å². The minimum Gasteiger partial charge on any atom is -0.462 e. The van der Waals surface area contributed by atoms with Crippen molar-refractivity contribution in [3.63, 3.8) is 0 Å². The number of nitriles is 1. The number of hydrogen-bond acceptors (Lipinski definition) is 7. The van der Waals surface area contributed by atoms with Gasteiger partial charge in [-0.15, -0.1) is 0 Å². The predicted molar refractivity (Wildman–Crippen MR) is 48.8 cm³/mol. The van der Waals surface area contributed by atoms with E-state index in [0.29, 0.717) is 0 Å². The summed E-state index contributed by atoms with van der Waals surface area (Å²) in [4.78, 5) is 31.7. The Morgan fingerprint density at radius 3 is 2.12 bits per heavy atom. The first-order valence-electron chi connectivity index (χ1n) is 4.33. The Morgan fingerprint density at radius 2 is 1.69 bits per heavy atom. The molecule has 0 radical (unpaired) electrons. The maximum Gasteiger partial charge on any atom is 0.411 e. The Balaban J connectivity index is 4.10. The Labute approximate surface area is 91.9 Å². The summed E-state index contributed by atoms with van der Waals surface area (Å²) in [5.74, 6) is -2.26. The molecule has 0 aliphatic heterocycles. The zero-order valence-electron chi connectivity index (χ0n) is 8.89. The molecule has 1 atom stereocenters. The number of carbonyl (C=O) groups is 3. The monoisotopic (exact) mass is 229 g/mol. The summed E-state index contributed by atoms with van der Waals surface area (Å²) in [6.07, 6.45) is -0.904. The molecule has 0 aromatic heterocycles. The van der Waals surface area contributed by atoms with Crippen LogP contribution in [0.4, 0.5) is 0 Å². The molecule has 0 aliphatic carbocycles. The standard InChI is InChI=1S/C9H11NO6/c1-6(11)14-4-8(16-7(2)12)5-15-9(13)3-10/h8H,4-5H2,1-2H3. The van der Waals surface area contributed by atoms with Crippen LogP contribution < -0.4 is 0 Å². The van der Waals surface area contributed by atoms with Crippen molar-refractivity contribution in [1.29, 1.82) is 5.26 Å². The Hall–Kier alpha value is -2.10. The van der Waals surface area contributed by atoms with Crippen LogP contribution in [-0.4, -0.2) is 37.2 Å². The van der Waals surface area contributed by atoms with Gasteiger partial charge >= 0.3 is 17.9 Å². The molecule has 0 bridgehead atoms. The first-order valence-corrected chi connectivity index (χ1v) is 4.33. The molecule has 1 unspecified atom stereocenters. The van der Waals surface area contributed by atoms with Crippen LogP contribution in [0.25, 0.3) is 0 Å². The fourth-order valence-corrected chi connectivity index (χ4v) is 0.762. The summed E-state index contributed by atoms with van der Waals surface area (Å²) in [5.41, 5.74) is 0. The third-order valence-corrected chi connectivity index (χ3v) is 1.30. The minimum absolute atomic E-state index is 0.229. The lowest BCUT2D eigenvalue weighted by Crippen LogP contribution is -2.29. The summed E-state index contributed by atoms with van der Waals surface area (Å²) < 4.78 is 13.7. The molecule has 0 rings (SSSR count). The molecule has 7 heteroatoms. The van der Waals surface area contributed by atoms with Gasteiger partial charge in [-0.25, -0.2) is 4.79 Å². The van der Waals surface area contributed by atoms with Gasteiger partial charge in [0.15, 0.2) is 12.2 Å². The van der Waals surface area contributed by atoms with E-state index in [2.05, 4.69) is 9.47 Å². The third-order valence-electron chi connectivity index (χ3n) is 1.30. The summed E-state index contributed by atoms with van der Waals surface area (Å²) in [5, 5.41) is 8.13. The molecule has 88 valence electrons. The lowest BCUT2D eigenvalue weighted by atomic mass is 10.4. The summed E-state index contributed by atoms with van der Waals surface area (Å²) in [6, 6.07) is 1.23. The predicted octanol–water partition coefficient (Wildman–Crippen LogP) is -0.452. The number of esters is 3. The van der Waals surface area contributed by atoms with Gasteiger partial charge in [-0.3, -0.25) is 9.59 Å². The molecule has 0 amide bonds. The lowest BCUT2D eigenvalue weighted by Gasteiger charge is -2.15. The van der Waals surface area contributed by atoms with Gasteiger partial charge in [-0.1, -0.05) is 0 Å². The molecule has 0 N–H and O–H groups in total. The van der Waals surface area contributed by atoms with Gasteiger partial charge < -0.3 is 14.2 Å². The average Bonchev–Trinajstić information content (AvgIpc) is 2.20. The van der Waals surface area contributed by atoms with Gasteiger partial charge in [-0.05, 0) is 0 Å². The van der Waals surface area contributed by atoms with Crippen LogP contribution >= 0.6 is 0 Å². The normalized spacial score (nSPS) is 10.8. The summed E-state index contributed by atoms with van der Waals surface area (Å²) in [7, 11) is 0. The van der Waals surface area contributed by atoms with E-state index in [-0.39, 0.29) is 13.2 Å². The number of ether oxygens (including phenoxy) is 3. The highest BCUT2D eigenvalue weighted by atomic mass is 16.6. The molecule has 0 saturated heterocycles. The minimum atomic E-state index is -1.10. The van der Waals surface area contributed by atoms with Crippen LogP contribution in [0.2, 0.25) is 0 Å². The second-order valence-electron chi connectivity index (χ2n) is 2.74. The largest absolute Gasteiger partial charge is 0.462 e. The second-order valence-corrected chi connectivity index (χ2v) is 2.74. The van der Waals surface area contributed by atoms with Crippen molar-refractivity contribution in [2.45, 2.75) is 20.0 Å². The number of nitrogens with zero attached hydrogens (tertiary/aromatic N) is 1. The van der Waals surface area contributed by atoms with Crippen molar-refractivity contribution < 1.29 is 28.6 Å². The van der Waals surface area contributed by atoms with E-state index in [1.165, 1.54) is 13.0 Å². The Kier molecular flexibility index (Phi) is 6.28. The van der Waals surface area contributed by atoms with Crippen molar-refractivity contribution in [1.82, 2.24) is 0 Å². The van der Waals surface area contributed by atoms with Gasteiger partial charge in [0.25, 0.3) is 0 Å². The fourth-order valence-electron chi connectivity index (χ4n) is 0.762. The molecule has 0 aliphatic rings. The average molecular weight is 229 g/mol. The van der Waals surface area contributed by atoms with Crippen molar-refractivity contribution in [2.75, 3.05) is 13.2 Å². The smallest absolute Gasteiger partial charge is 0.411 e. The van der Waals surface area contributed by atoms with Gasteiger partial charge in [0.2, 0.25) is 0 Å². The lowest BCUT2D eigenvalue weighted by molar-refractivity contribution is -0.162. The van der Waals surface area contributed by atoms with Crippen LogP contribution in [0.1, 0.15) is 13.8 Å². The van der Waals surface area contributed by atoms with E-state index < -0.39 is 24.0 Å². The Bertz CT molecular complexity index is 318. The molecule has 0 spiro atoms. The van der Waals surface area contributed by atoms with E-state index >= 15 is 0 Å². The Morgan fingerprint density at radius 1 is 1.12 bits per heavy atom. The first-order chi connectivity index (χ1) is 7.45. The highest BCUT2D eigenvalue weighted by Crippen LogP contribution is 1.97. The molecule has 0 heterocycles. The molecule has 0 fully saturated rings. The van der Waals surface area contributed by atoms with Gasteiger partial charge in [0, 0.05) is 13.8 Å². The zero-order chi connectivity index (χ0) is 12.6. The number of rotatable bonds is 5. The second kappa shape index (κ2) is 7.23. The summed E-state index contributed by atoms with van der Waals surface area (Å²) >= 11 is 0. The van der Waals surface area contributed by atoms with E-state index in [4.69, 9.17) is 10.00 Å². The number of hydrogen-bond donors (Lipinski definition) is 0. The number of carbonyl (C=O) groups excluding carboxylic acids is 3. The van der Waals surface area contributed by atoms with Crippen LogP contribution in [0.15, 0.2) is 0 Å². The molecular formula is C9H11NO6. The van der Waals surface area contributed by atoms with Crippen LogP contribution in [0.5, 0.6) is 0 Å². The quantitative estimate of drug-likeness (QED) is 0.357. The first kappa shape index (κ1) is 13.9. The van der Waals surface area contributed by atoms with Crippen molar-refractivity contribution >= 4 is 17.9 Å². The van der Waals surface area contributed by atoms with Crippen LogP contribution in [0.3, 0.4) is 0 Å². The highest BCUT2D eigenvalue weighted by Gasteiger charge is 2.16. The third kappa shape index (κ3) is 7.32. The summed E-state index contributed by atoms with van der Waals surface area (Å²) in [6.45, 7) is 1.78. The van der Waals surface area contributed by atoms with E-state index in [1.807, 2.05) is 0 Å². The van der Waals surface area contributed by atoms with E-state index in [9.17, 15) is 14.4 Å². The molecule has 16 heavy (non-hydrogen) atoms. The van der Waals surface area contributed by atoms with Crippen LogP contribution in [0, 0.1) is 11.3 Å². The molecule has 0 saturated carbocycles. The molecular weight excluding hydrogens is 218 g/mol. The highest BCUT2D eigenvalue weighted by molar-refractivity contribution is 5.85. The van der Waals surface area contributed by atoms with E-state index in [0.717, 1.165) is 6.92 Å². The maximum absolute atomic E-state index is 10.6. The van der Waals surface area contributed by atoms with Crippen molar-refractivity contribution in [3.8, 4) is 6.07 Å². The SMILES string of the molecule is CC(=O)OCC(COC(=O)C#N)OC(C)=O. The van der Waals surface area contributed by atoms with Crippen LogP contribution in [-0.2, 0) is 28.6 Å². The van der Waals surface area contributed by atoms with E-state index in [1.54, 1.807) is 0 Å². The van der Waals surface area contributed by atoms with Gasteiger partial charge in [0.05, 0.1) is 0 Å². The molecule has 0 aromatic rings. The van der Waals surface area contributed by atoms with Crippen molar-refractivity contribution in [2.24, 2.45) is 0 Å². The zero-order valence-corrected chi connectivity index (χ0v) is 8.89. The van der Waals surface area contributed by atoms with Gasteiger partial charge in [0.1, 0.15) is 13.2 Å². The molecule has 0 aromatic carbocycles. The maximum atomic E-state index is 10.6. The fraction of sp³-hybridized carbons (Fsp3) is 0.556. The van der Waals surface area contributed by atoms with Crippen molar-refractivity contribution in [3.05, 3.63) is 0 Å².